The average Bonchev–Trinajstić information content (AvgIpc) is 2.68. The van der Waals surface area contributed by atoms with E-state index in [0.29, 0.717) is 23.9 Å². The Labute approximate surface area is 111 Å². The van der Waals surface area contributed by atoms with Crippen LogP contribution in [0.3, 0.4) is 0 Å². The molecule has 1 aromatic rings. The zero-order chi connectivity index (χ0) is 13.8. The summed E-state index contributed by atoms with van der Waals surface area (Å²) < 4.78 is 4.84. The zero-order valence-corrected chi connectivity index (χ0v) is 11.1. The van der Waals surface area contributed by atoms with Crippen molar-refractivity contribution in [3.63, 3.8) is 0 Å². The maximum Gasteiger partial charge on any atom is 0.245 e. The summed E-state index contributed by atoms with van der Waals surface area (Å²) in [5.74, 6) is 1.09. The van der Waals surface area contributed by atoms with Crippen LogP contribution >= 0.6 is 0 Å². The first-order valence-electron chi connectivity index (χ1n) is 6.22. The van der Waals surface area contributed by atoms with Crippen LogP contribution < -0.4 is 10.6 Å². The Kier molecular flexibility index (Phi) is 4.16. The summed E-state index contributed by atoms with van der Waals surface area (Å²) in [6.45, 7) is 3.52. The van der Waals surface area contributed by atoms with Crippen LogP contribution in [-0.2, 0) is 9.59 Å². The minimum atomic E-state index is -0.282. The summed E-state index contributed by atoms with van der Waals surface area (Å²) >= 11 is 0. The number of anilines is 1. The lowest BCUT2D eigenvalue weighted by molar-refractivity contribution is -0.134. The van der Waals surface area contributed by atoms with Crippen LogP contribution in [0.25, 0.3) is 0 Å². The number of nitrogens with one attached hydrogen (secondary N) is 2. The number of carbonyl (C=O) groups excluding carboxylic acids is 2. The van der Waals surface area contributed by atoms with Crippen molar-refractivity contribution in [2.24, 2.45) is 5.92 Å². The van der Waals surface area contributed by atoms with Crippen LogP contribution in [0.5, 0.6) is 0 Å². The van der Waals surface area contributed by atoms with Gasteiger partial charge in [0.25, 0.3) is 0 Å². The van der Waals surface area contributed by atoms with Gasteiger partial charge in [-0.25, -0.2) is 0 Å². The molecule has 1 aromatic heterocycles. The number of carbonyl (C=O) groups is 2. The highest BCUT2D eigenvalue weighted by atomic mass is 16.5. The van der Waals surface area contributed by atoms with Gasteiger partial charge < -0.3 is 20.1 Å². The second kappa shape index (κ2) is 5.83. The number of aryl methyl sites for hydroxylation is 1. The van der Waals surface area contributed by atoms with Gasteiger partial charge in [0.1, 0.15) is 5.76 Å². The third-order valence-electron chi connectivity index (χ3n) is 3.03. The molecule has 2 heterocycles. The molecule has 0 saturated carbocycles. The van der Waals surface area contributed by atoms with Crippen LogP contribution in [0, 0.1) is 12.8 Å². The molecule has 1 aliphatic heterocycles. The molecule has 0 spiro atoms. The van der Waals surface area contributed by atoms with E-state index in [1.165, 1.54) is 4.90 Å². The summed E-state index contributed by atoms with van der Waals surface area (Å²) in [6.07, 6.45) is 0.486. The van der Waals surface area contributed by atoms with Gasteiger partial charge >= 0.3 is 0 Å². The number of aromatic nitrogens is 1. The van der Waals surface area contributed by atoms with Crippen LogP contribution in [0.1, 0.15) is 12.2 Å². The van der Waals surface area contributed by atoms with Gasteiger partial charge in [-0.15, -0.1) is 0 Å². The van der Waals surface area contributed by atoms with Crippen molar-refractivity contribution in [3.05, 3.63) is 11.8 Å². The monoisotopic (exact) mass is 266 g/mol. The first kappa shape index (κ1) is 13.5. The minimum absolute atomic E-state index is 0.0158. The van der Waals surface area contributed by atoms with Crippen molar-refractivity contribution in [3.8, 4) is 0 Å². The first-order chi connectivity index (χ1) is 9.04. The van der Waals surface area contributed by atoms with E-state index in [1.54, 1.807) is 20.0 Å². The van der Waals surface area contributed by atoms with E-state index in [4.69, 9.17) is 4.52 Å². The molecule has 19 heavy (non-hydrogen) atoms. The summed E-state index contributed by atoms with van der Waals surface area (Å²) in [5.41, 5.74) is 0. The Morgan fingerprint density at radius 3 is 2.84 bits per heavy atom. The number of nitrogens with zero attached hydrogens (tertiary/aromatic N) is 2. The summed E-state index contributed by atoms with van der Waals surface area (Å²) in [6, 6.07) is 1.62. The maximum absolute atomic E-state index is 11.8. The number of hydrogen-bond acceptors (Lipinski definition) is 5. The molecule has 0 radical (unpaired) electrons. The second-order valence-electron chi connectivity index (χ2n) is 4.85. The molecule has 0 unspecified atom stereocenters. The molecule has 1 aliphatic rings. The van der Waals surface area contributed by atoms with E-state index in [0.717, 1.165) is 13.1 Å². The highest BCUT2D eigenvalue weighted by Crippen LogP contribution is 2.10. The topological polar surface area (TPSA) is 87.5 Å². The molecule has 0 bridgehead atoms. The van der Waals surface area contributed by atoms with Crippen molar-refractivity contribution in [2.75, 3.05) is 32.0 Å². The standard InChI is InChI=1S/C12H18N4O3/c1-8-3-10(15-19-8)14-11(17)7-16(2)12(18)4-9-5-13-6-9/h3,9,13H,4-7H2,1-2H3,(H,14,15,17). The summed E-state index contributed by atoms with van der Waals surface area (Å²) in [7, 11) is 1.63. The lowest BCUT2D eigenvalue weighted by Crippen LogP contribution is -2.45. The predicted molar refractivity (Wildman–Crippen MR) is 68.5 cm³/mol. The van der Waals surface area contributed by atoms with Crippen LogP contribution in [0.4, 0.5) is 5.82 Å². The summed E-state index contributed by atoms with van der Waals surface area (Å²) in [5, 5.41) is 9.35. The number of rotatable bonds is 5. The van der Waals surface area contributed by atoms with Crippen LogP contribution in [0.15, 0.2) is 10.6 Å². The molecule has 2 rings (SSSR count). The van der Waals surface area contributed by atoms with Crippen LogP contribution in [-0.4, -0.2) is 48.6 Å². The molecule has 0 atom stereocenters. The molecule has 2 N–H and O–H groups in total. The Morgan fingerprint density at radius 2 is 2.32 bits per heavy atom. The van der Waals surface area contributed by atoms with Gasteiger partial charge in [0.05, 0.1) is 6.54 Å². The molecule has 104 valence electrons. The molecular formula is C12H18N4O3. The number of likely N-dealkylation sites (N-methyl/N-ethyl adjacent to an activating group) is 1. The maximum atomic E-state index is 11.8. The SMILES string of the molecule is Cc1cc(NC(=O)CN(C)C(=O)CC2CNC2)no1. The average molecular weight is 266 g/mol. The molecule has 2 amide bonds. The molecule has 1 saturated heterocycles. The van der Waals surface area contributed by atoms with Gasteiger partial charge in [-0.3, -0.25) is 9.59 Å². The third-order valence-corrected chi connectivity index (χ3v) is 3.03. The van der Waals surface area contributed by atoms with Gasteiger partial charge in [-0.1, -0.05) is 5.16 Å². The lowest BCUT2D eigenvalue weighted by atomic mass is 9.99. The predicted octanol–water partition coefficient (Wildman–Crippen LogP) is -0.0106. The van der Waals surface area contributed by atoms with E-state index in [2.05, 4.69) is 15.8 Å². The van der Waals surface area contributed by atoms with Crippen molar-refractivity contribution in [1.82, 2.24) is 15.4 Å². The van der Waals surface area contributed by atoms with E-state index >= 15 is 0 Å². The van der Waals surface area contributed by atoms with Gasteiger partial charge in [0.2, 0.25) is 11.8 Å². The van der Waals surface area contributed by atoms with E-state index < -0.39 is 0 Å². The largest absolute Gasteiger partial charge is 0.360 e. The van der Waals surface area contributed by atoms with Crippen molar-refractivity contribution >= 4 is 17.6 Å². The quantitative estimate of drug-likeness (QED) is 0.782. The highest BCUT2D eigenvalue weighted by molar-refractivity contribution is 5.93. The zero-order valence-electron chi connectivity index (χ0n) is 11.1. The molecular weight excluding hydrogens is 248 g/mol. The van der Waals surface area contributed by atoms with Crippen molar-refractivity contribution in [2.45, 2.75) is 13.3 Å². The van der Waals surface area contributed by atoms with Gasteiger partial charge in [-0.2, -0.15) is 0 Å². The molecule has 7 heteroatoms. The van der Waals surface area contributed by atoms with E-state index in [-0.39, 0.29) is 18.4 Å². The molecule has 0 aromatic carbocycles. The Morgan fingerprint density at radius 1 is 1.58 bits per heavy atom. The highest BCUT2D eigenvalue weighted by Gasteiger charge is 2.23. The normalized spacial score (nSPS) is 14.8. The molecule has 1 fully saturated rings. The van der Waals surface area contributed by atoms with Crippen LogP contribution in [0.2, 0.25) is 0 Å². The van der Waals surface area contributed by atoms with Gasteiger partial charge in [0.15, 0.2) is 5.82 Å². The van der Waals surface area contributed by atoms with Crippen molar-refractivity contribution in [1.29, 1.82) is 0 Å². The fourth-order valence-electron chi connectivity index (χ4n) is 1.81. The van der Waals surface area contributed by atoms with E-state index in [9.17, 15) is 9.59 Å². The summed E-state index contributed by atoms with van der Waals surface area (Å²) in [4.78, 5) is 25.0. The Bertz CT molecular complexity index is 467. The number of amides is 2. The fraction of sp³-hybridized carbons (Fsp3) is 0.583. The smallest absolute Gasteiger partial charge is 0.245 e. The Hall–Kier alpha value is -1.89. The van der Waals surface area contributed by atoms with E-state index in [1.807, 2.05) is 0 Å². The van der Waals surface area contributed by atoms with Gasteiger partial charge in [-0.05, 0) is 25.9 Å². The minimum Gasteiger partial charge on any atom is -0.360 e. The molecule has 0 aliphatic carbocycles. The van der Waals surface area contributed by atoms with Crippen molar-refractivity contribution < 1.29 is 14.1 Å². The first-order valence-corrected chi connectivity index (χ1v) is 6.22. The fourth-order valence-corrected chi connectivity index (χ4v) is 1.81. The Balaban J connectivity index is 1.75. The third kappa shape index (κ3) is 3.78. The number of hydrogen-bond donors (Lipinski definition) is 2. The molecule has 7 nitrogen and oxygen atoms in total. The second-order valence-corrected chi connectivity index (χ2v) is 4.85. The lowest BCUT2D eigenvalue weighted by Gasteiger charge is -2.28. The van der Waals surface area contributed by atoms with Gasteiger partial charge in [0, 0.05) is 19.5 Å².